The molecule has 0 bridgehead atoms. The molecule has 0 spiro atoms. The summed E-state index contributed by atoms with van der Waals surface area (Å²) < 4.78 is 13.4. The zero-order valence-electron chi connectivity index (χ0n) is 30.0. The Balaban J connectivity index is 1.15. The van der Waals surface area contributed by atoms with Crippen LogP contribution in [0.15, 0.2) is 192 Å². The van der Waals surface area contributed by atoms with Gasteiger partial charge in [0.2, 0.25) is 0 Å². The molecule has 0 aliphatic heterocycles. The van der Waals surface area contributed by atoms with Crippen LogP contribution in [0, 0.1) is 0 Å². The molecule has 12 aromatic rings. The van der Waals surface area contributed by atoms with E-state index in [1.54, 1.807) is 0 Å². The normalized spacial score (nSPS) is 11.9. The van der Waals surface area contributed by atoms with E-state index in [0.717, 1.165) is 89.2 Å². The van der Waals surface area contributed by atoms with Crippen molar-refractivity contribution < 1.29 is 4.42 Å². The summed E-state index contributed by atoms with van der Waals surface area (Å²) in [6.45, 7) is 0. The van der Waals surface area contributed by atoms with Gasteiger partial charge in [0, 0.05) is 43.4 Å². The van der Waals surface area contributed by atoms with Crippen LogP contribution in [0.25, 0.3) is 105 Å². The van der Waals surface area contributed by atoms with E-state index in [1.807, 2.05) is 48.5 Å². The Labute approximate surface area is 320 Å². The molecule has 0 atom stereocenters. The first kappa shape index (κ1) is 30.7. The summed E-state index contributed by atoms with van der Waals surface area (Å²) in [5.74, 6) is 1.57. The van der Waals surface area contributed by atoms with Crippen molar-refractivity contribution >= 4 is 65.6 Å². The second-order valence-corrected chi connectivity index (χ2v) is 14.3. The van der Waals surface area contributed by atoms with Gasteiger partial charge in [-0.05, 0) is 54.6 Å². The molecule has 0 radical (unpaired) electrons. The molecule has 12 rings (SSSR count). The summed E-state index contributed by atoms with van der Waals surface area (Å²) in [5.41, 5.74) is 11.4. The SMILES string of the molecule is c1ccc(-c2nnc(-c3ccccc3)n2-c2ccc3c4ccccc4n(-c4ccccc4-n4c5ccccc5c5cc6oc7ccccc7c6cc54)c3c2)cc1. The van der Waals surface area contributed by atoms with Gasteiger partial charge in [-0.2, -0.15) is 0 Å². The van der Waals surface area contributed by atoms with E-state index in [1.165, 1.54) is 16.2 Å². The molecule has 0 aliphatic carbocycles. The smallest absolute Gasteiger partial charge is 0.168 e. The largest absolute Gasteiger partial charge is 0.456 e. The fraction of sp³-hybridized carbons (Fsp3) is 0. The van der Waals surface area contributed by atoms with Crippen molar-refractivity contribution in [3.63, 3.8) is 0 Å². The van der Waals surface area contributed by atoms with Crippen LogP contribution in [0.2, 0.25) is 0 Å². The molecule has 0 saturated carbocycles. The topological polar surface area (TPSA) is 53.7 Å². The zero-order valence-corrected chi connectivity index (χ0v) is 30.0. The van der Waals surface area contributed by atoms with Crippen LogP contribution in [-0.4, -0.2) is 23.9 Å². The van der Waals surface area contributed by atoms with Crippen LogP contribution in [0.4, 0.5) is 0 Å². The third-order valence-electron chi connectivity index (χ3n) is 11.2. The molecule has 0 saturated heterocycles. The van der Waals surface area contributed by atoms with Crippen LogP contribution in [0.5, 0.6) is 0 Å². The third kappa shape index (κ3) is 4.44. The molecule has 6 nitrogen and oxygen atoms in total. The number of aromatic nitrogens is 5. The van der Waals surface area contributed by atoms with Gasteiger partial charge in [0.1, 0.15) is 11.2 Å². The van der Waals surface area contributed by atoms with E-state index < -0.39 is 0 Å². The molecule has 6 heteroatoms. The first-order chi connectivity index (χ1) is 27.8. The lowest BCUT2D eigenvalue weighted by Crippen LogP contribution is -2.04. The molecule has 0 fully saturated rings. The van der Waals surface area contributed by atoms with Crippen molar-refractivity contribution in [1.82, 2.24) is 23.9 Å². The fourth-order valence-corrected chi connectivity index (χ4v) is 8.72. The molecular formula is C50H31N5O. The second-order valence-electron chi connectivity index (χ2n) is 14.3. The van der Waals surface area contributed by atoms with Crippen molar-refractivity contribution in [3.05, 3.63) is 188 Å². The van der Waals surface area contributed by atoms with Crippen molar-refractivity contribution in [2.45, 2.75) is 0 Å². The fourth-order valence-electron chi connectivity index (χ4n) is 8.72. The van der Waals surface area contributed by atoms with Crippen molar-refractivity contribution in [1.29, 1.82) is 0 Å². The number of benzene rings is 8. The van der Waals surface area contributed by atoms with Crippen LogP contribution >= 0.6 is 0 Å². The first-order valence-electron chi connectivity index (χ1n) is 18.8. The quantitative estimate of drug-likeness (QED) is 0.178. The Bertz CT molecular complexity index is 3420. The Morgan fingerprint density at radius 2 is 0.821 bits per heavy atom. The molecule has 262 valence electrons. The van der Waals surface area contributed by atoms with Crippen LogP contribution < -0.4 is 0 Å². The zero-order chi connectivity index (χ0) is 36.7. The molecule has 0 amide bonds. The van der Waals surface area contributed by atoms with Gasteiger partial charge in [-0.15, -0.1) is 10.2 Å². The average molecular weight is 718 g/mol. The van der Waals surface area contributed by atoms with Gasteiger partial charge in [-0.3, -0.25) is 4.57 Å². The van der Waals surface area contributed by atoms with E-state index in [-0.39, 0.29) is 0 Å². The van der Waals surface area contributed by atoms with Gasteiger partial charge >= 0.3 is 0 Å². The summed E-state index contributed by atoms with van der Waals surface area (Å²) >= 11 is 0. The molecule has 8 aromatic carbocycles. The van der Waals surface area contributed by atoms with E-state index in [0.29, 0.717) is 0 Å². The highest BCUT2D eigenvalue weighted by Gasteiger charge is 2.23. The summed E-state index contributed by atoms with van der Waals surface area (Å²) in [6.07, 6.45) is 0. The highest BCUT2D eigenvalue weighted by Crippen LogP contribution is 2.41. The van der Waals surface area contributed by atoms with Crippen molar-refractivity contribution in [2.75, 3.05) is 0 Å². The third-order valence-corrected chi connectivity index (χ3v) is 11.2. The Morgan fingerprint density at radius 3 is 1.46 bits per heavy atom. The lowest BCUT2D eigenvalue weighted by Gasteiger charge is -2.17. The number of hydrogen-bond acceptors (Lipinski definition) is 3. The molecule has 4 heterocycles. The minimum absolute atomic E-state index is 0.787. The van der Waals surface area contributed by atoms with E-state index in [9.17, 15) is 0 Å². The maximum Gasteiger partial charge on any atom is 0.168 e. The van der Waals surface area contributed by atoms with Crippen LogP contribution in [0.1, 0.15) is 0 Å². The monoisotopic (exact) mass is 717 g/mol. The van der Waals surface area contributed by atoms with Crippen LogP contribution in [-0.2, 0) is 0 Å². The lowest BCUT2D eigenvalue weighted by molar-refractivity contribution is 0.669. The van der Waals surface area contributed by atoms with E-state index >= 15 is 0 Å². The molecular weight excluding hydrogens is 687 g/mol. The van der Waals surface area contributed by atoms with Gasteiger partial charge in [0.05, 0.1) is 39.1 Å². The highest BCUT2D eigenvalue weighted by atomic mass is 16.3. The maximum atomic E-state index is 6.39. The van der Waals surface area contributed by atoms with E-state index in [2.05, 4.69) is 153 Å². The minimum atomic E-state index is 0.787. The summed E-state index contributed by atoms with van der Waals surface area (Å²) in [7, 11) is 0. The number of furan rings is 1. The van der Waals surface area contributed by atoms with Gasteiger partial charge in [0.15, 0.2) is 11.6 Å². The Hall–Kier alpha value is -7.70. The summed E-state index contributed by atoms with van der Waals surface area (Å²) in [6, 6.07) is 66.3. The summed E-state index contributed by atoms with van der Waals surface area (Å²) in [5, 5.41) is 16.5. The molecule has 0 aliphatic rings. The number of para-hydroxylation sites is 5. The van der Waals surface area contributed by atoms with Gasteiger partial charge < -0.3 is 13.6 Å². The van der Waals surface area contributed by atoms with Gasteiger partial charge in [-0.1, -0.05) is 133 Å². The van der Waals surface area contributed by atoms with Gasteiger partial charge in [-0.25, -0.2) is 0 Å². The van der Waals surface area contributed by atoms with Crippen LogP contribution in [0.3, 0.4) is 0 Å². The average Bonchev–Trinajstić information content (AvgIpc) is 4.03. The van der Waals surface area contributed by atoms with Crippen molar-refractivity contribution in [3.8, 4) is 39.8 Å². The minimum Gasteiger partial charge on any atom is -0.456 e. The molecule has 0 unspecified atom stereocenters. The first-order valence-corrected chi connectivity index (χ1v) is 18.8. The summed E-state index contributed by atoms with van der Waals surface area (Å²) in [4.78, 5) is 0. The van der Waals surface area contributed by atoms with Crippen molar-refractivity contribution in [2.24, 2.45) is 0 Å². The van der Waals surface area contributed by atoms with Gasteiger partial charge in [0.25, 0.3) is 0 Å². The van der Waals surface area contributed by atoms with E-state index in [4.69, 9.17) is 14.6 Å². The standard InChI is InChI=1S/C50H31N5O/c1-3-15-32(16-4-1)49-51-52-50(33-17-5-2-6-18-33)53(49)34-27-28-37-35-19-7-10-22-41(35)54(45(37)29-34)43-24-12-13-25-44(43)55-42-23-11-8-20-36(42)39-31-48-40(30-46(39)55)38-21-9-14-26-47(38)56-48/h1-31H. The number of fused-ring (bicyclic) bond motifs is 9. The second kappa shape index (κ2) is 11.9. The number of rotatable bonds is 5. The predicted molar refractivity (Wildman–Crippen MR) is 228 cm³/mol. The highest BCUT2D eigenvalue weighted by molar-refractivity contribution is 6.17. The molecule has 4 aromatic heterocycles. The predicted octanol–water partition coefficient (Wildman–Crippen LogP) is 12.7. The Morgan fingerprint density at radius 1 is 0.321 bits per heavy atom. The molecule has 56 heavy (non-hydrogen) atoms. The maximum absolute atomic E-state index is 6.39. The number of nitrogens with zero attached hydrogens (tertiary/aromatic N) is 5. The Kier molecular flexibility index (Phi) is 6.53. The molecule has 0 N–H and O–H groups in total. The lowest BCUT2D eigenvalue weighted by atomic mass is 10.1. The number of hydrogen-bond donors (Lipinski definition) is 0.